The first-order chi connectivity index (χ1) is 21.9. The number of piperazine rings is 1. The lowest BCUT2D eigenvalue weighted by molar-refractivity contribution is -0.148. The van der Waals surface area contributed by atoms with Crippen molar-refractivity contribution in [1.82, 2.24) is 25.1 Å². The number of aromatic nitrogens is 2. The number of carbonyl (C=O) groups is 2. The van der Waals surface area contributed by atoms with Gasteiger partial charge in [-0.25, -0.2) is 4.98 Å². The number of carbonyl (C=O) groups excluding carboxylic acids is 2. The van der Waals surface area contributed by atoms with Crippen molar-refractivity contribution in [3.05, 3.63) is 71.7 Å². The van der Waals surface area contributed by atoms with Crippen molar-refractivity contribution in [1.29, 1.82) is 0 Å². The highest BCUT2D eigenvalue weighted by molar-refractivity contribution is 6.30. The summed E-state index contributed by atoms with van der Waals surface area (Å²) in [6.07, 6.45) is 0.515. The van der Waals surface area contributed by atoms with Crippen LogP contribution in [0, 0.1) is 5.92 Å². The summed E-state index contributed by atoms with van der Waals surface area (Å²) in [5.41, 5.74) is 0.613. The summed E-state index contributed by atoms with van der Waals surface area (Å²) in [6, 6.07) is 9.86. The number of hydrogen-bond acceptors (Lipinski definition) is 9. The molecule has 2 saturated heterocycles. The number of ether oxygens (including phenoxy) is 1. The summed E-state index contributed by atoms with van der Waals surface area (Å²) in [4.78, 5) is 38.4. The number of halogens is 4. The first-order valence-electron chi connectivity index (χ1n) is 14.9. The number of oxazole rings is 1. The molecule has 0 radical (unpaired) electrons. The average molecular weight is 660 g/mol. The number of rotatable bonds is 9. The monoisotopic (exact) mass is 659 g/mol. The van der Waals surface area contributed by atoms with Crippen LogP contribution in [0.4, 0.5) is 13.2 Å². The Morgan fingerprint density at radius 1 is 1.11 bits per heavy atom. The van der Waals surface area contributed by atoms with Gasteiger partial charge in [0.25, 0.3) is 0 Å². The fraction of sp³-hybridized carbons (Fsp3) is 0.438. The second kappa shape index (κ2) is 12.7. The Hall–Kier alpha value is -3.94. The Morgan fingerprint density at radius 3 is 2.63 bits per heavy atom. The first-order valence-corrected chi connectivity index (χ1v) is 15.3. The van der Waals surface area contributed by atoms with Crippen LogP contribution in [0.15, 0.2) is 63.8 Å². The number of cyclic esters (lactones) is 1. The van der Waals surface area contributed by atoms with E-state index in [1.165, 1.54) is 0 Å². The summed E-state index contributed by atoms with van der Waals surface area (Å²) in [5.74, 6) is -0.0117. The zero-order valence-electron chi connectivity index (χ0n) is 25.2. The van der Waals surface area contributed by atoms with Gasteiger partial charge in [0.05, 0.1) is 23.9 Å². The molecule has 0 aliphatic carbocycles. The third-order valence-corrected chi connectivity index (χ3v) is 8.88. The SMILES string of the molecule is CC(C)(c1ncc(-c2ccc(Cl)cc2)o1)N1CCN(C[C@@H]2C[C@@H](Cc3cc4ccncc4o3)C(=O)O2)[C@H](C(=O)NCC(F)(F)F)C1. The fourth-order valence-electron chi connectivity index (χ4n) is 6.09. The Labute approximate surface area is 267 Å². The number of alkyl halides is 3. The van der Waals surface area contributed by atoms with Gasteiger partial charge in [-0.3, -0.25) is 24.4 Å². The summed E-state index contributed by atoms with van der Waals surface area (Å²) < 4.78 is 56.8. The number of hydrogen-bond donors (Lipinski definition) is 1. The van der Waals surface area contributed by atoms with Crippen molar-refractivity contribution >= 4 is 34.4 Å². The normalized spacial score (nSPS) is 21.5. The van der Waals surface area contributed by atoms with Gasteiger partial charge in [-0.15, -0.1) is 0 Å². The lowest BCUT2D eigenvalue weighted by atomic mass is 9.97. The van der Waals surface area contributed by atoms with Crippen LogP contribution in [0.25, 0.3) is 22.3 Å². The molecule has 1 amide bonds. The predicted octanol–water partition coefficient (Wildman–Crippen LogP) is 5.21. The van der Waals surface area contributed by atoms with E-state index >= 15 is 0 Å². The standard InChI is InChI=1S/C32H33ClF3N5O5/c1-31(2,30-38-15-27(46-30)19-3-5-22(33)6-4-19)41-10-9-40(25(17-41)28(42)39-18-32(34,35)36)16-24-13-21(29(43)45-24)12-23-11-20-7-8-37-14-26(20)44-23/h3-8,11,14-15,21,24-25H,9-10,12-13,16-18H2,1-2H3,(H,39,42)/t21-,24+,25+/m1/s1. The molecule has 46 heavy (non-hydrogen) atoms. The molecule has 0 saturated carbocycles. The zero-order valence-corrected chi connectivity index (χ0v) is 26.0. The molecule has 3 atom stereocenters. The molecule has 2 aliphatic heterocycles. The zero-order chi connectivity index (χ0) is 32.6. The number of fused-ring (bicyclic) bond motifs is 1. The molecule has 1 N–H and O–H groups in total. The van der Waals surface area contributed by atoms with Crippen molar-refractivity contribution < 1.29 is 36.3 Å². The third kappa shape index (κ3) is 7.06. The van der Waals surface area contributed by atoms with Crippen LogP contribution < -0.4 is 5.32 Å². The highest BCUT2D eigenvalue weighted by atomic mass is 35.5. The molecule has 5 heterocycles. The Balaban J connectivity index is 1.15. The maximum Gasteiger partial charge on any atom is 0.405 e. The van der Waals surface area contributed by atoms with E-state index in [1.54, 1.807) is 35.6 Å². The largest absolute Gasteiger partial charge is 0.461 e. The van der Waals surface area contributed by atoms with E-state index in [1.807, 2.05) is 48.3 Å². The maximum absolute atomic E-state index is 13.3. The second-order valence-corrected chi connectivity index (χ2v) is 12.6. The quantitative estimate of drug-likeness (QED) is 0.242. The molecule has 2 aliphatic rings. The van der Waals surface area contributed by atoms with Gasteiger partial charge in [-0.1, -0.05) is 11.6 Å². The van der Waals surface area contributed by atoms with Crippen LogP contribution in [0.3, 0.4) is 0 Å². The van der Waals surface area contributed by atoms with Crippen molar-refractivity contribution in [2.75, 3.05) is 32.7 Å². The average Bonchev–Trinajstić information content (AvgIpc) is 3.75. The van der Waals surface area contributed by atoms with E-state index in [0.29, 0.717) is 53.9 Å². The molecule has 0 unspecified atom stereocenters. The number of nitrogens with one attached hydrogen (secondary N) is 1. The van der Waals surface area contributed by atoms with Gasteiger partial charge in [0.1, 0.15) is 24.5 Å². The van der Waals surface area contributed by atoms with E-state index in [-0.39, 0.29) is 19.1 Å². The van der Waals surface area contributed by atoms with Crippen LogP contribution in [-0.4, -0.2) is 82.7 Å². The molecule has 244 valence electrons. The topological polar surface area (TPSA) is 114 Å². The van der Waals surface area contributed by atoms with Gasteiger partial charge in [-0.05, 0) is 56.7 Å². The fourth-order valence-corrected chi connectivity index (χ4v) is 6.21. The minimum Gasteiger partial charge on any atom is -0.461 e. The smallest absolute Gasteiger partial charge is 0.405 e. The third-order valence-electron chi connectivity index (χ3n) is 8.63. The van der Waals surface area contributed by atoms with E-state index in [4.69, 9.17) is 25.2 Å². The van der Waals surface area contributed by atoms with E-state index in [2.05, 4.69) is 9.97 Å². The molecule has 0 bridgehead atoms. The Kier molecular flexibility index (Phi) is 8.83. The summed E-state index contributed by atoms with van der Waals surface area (Å²) in [7, 11) is 0. The van der Waals surface area contributed by atoms with E-state index in [0.717, 1.165) is 10.9 Å². The minimum absolute atomic E-state index is 0.104. The van der Waals surface area contributed by atoms with Crippen molar-refractivity contribution in [2.24, 2.45) is 5.92 Å². The van der Waals surface area contributed by atoms with Crippen LogP contribution in [0.5, 0.6) is 0 Å². The molecule has 10 nitrogen and oxygen atoms in total. The van der Waals surface area contributed by atoms with Crippen LogP contribution >= 0.6 is 11.6 Å². The number of pyridine rings is 1. The van der Waals surface area contributed by atoms with E-state index in [9.17, 15) is 22.8 Å². The number of amides is 1. The van der Waals surface area contributed by atoms with Crippen molar-refractivity contribution in [2.45, 2.75) is 50.6 Å². The number of furan rings is 1. The minimum atomic E-state index is -4.56. The molecule has 1 aromatic carbocycles. The number of benzene rings is 1. The van der Waals surface area contributed by atoms with Gasteiger partial charge in [0, 0.05) is 54.8 Å². The van der Waals surface area contributed by atoms with Crippen molar-refractivity contribution in [3.63, 3.8) is 0 Å². The van der Waals surface area contributed by atoms with E-state index < -0.39 is 42.2 Å². The summed E-state index contributed by atoms with van der Waals surface area (Å²) >= 11 is 6.01. The highest BCUT2D eigenvalue weighted by Gasteiger charge is 2.44. The van der Waals surface area contributed by atoms with Gasteiger partial charge in [0.2, 0.25) is 11.8 Å². The molecular formula is C32H33ClF3N5O5. The van der Waals surface area contributed by atoms with Crippen LogP contribution in [0.1, 0.15) is 31.9 Å². The van der Waals surface area contributed by atoms with Gasteiger partial charge >= 0.3 is 12.1 Å². The molecule has 2 fully saturated rings. The molecule has 6 rings (SSSR count). The second-order valence-electron chi connectivity index (χ2n) is 12.2. The Morgan fingerprint density at radius 2 is 1.89 bits per heavy atom. The molecular weight excluding hydrogens is 627 g/mol. The van der Waals surface area contributed by atoms with Gasteiger partial charge < -0.3 is 18.9 Å². The molecule has 3 aromatic heterocycles. The van der Waals surface area contributed by atoms with Crippen LogP contribution in [-0.2, 0) is 26.3 Å². The van der Waals surface area contributed by atoms with Crippen LogP contribution in [0.2, 0.25) is 5.02 Å². The lowest BCUT2D eigenvalue weighted by Crippen LogP contribution is -2.63. The molecule has 14 heteroatoms. The Bertz CT molecular complexity index is 1670. The predicted molar refractivity (Wildman–Crippen MR) is 162 cm³/mol. The number of nitrogens with zero attached hydrogens (tertiary/aromatic N) is 4. The van der Waals surface area contributed by atoms with Gasteiger partial charge in [0.15, 0.2) is 11.3 Å². The summed E-state index contributed by atoms with van der Waals surface area (Å²) in [5, 5.41) is 3.51. The molecule has 4 aromatic rings. The number of esters is 1. The maximum atomic E-state index is 13.3. The lowest BCUT2D eigenvalue weighted by Gasteiger charge is -2.46. The summed E-state index contributed by atoms with van der Waals surface area (Å²) in [6.45, 7) is 3.44. The molecule has 0 spiro atoms. The van der Waals surface area contributed by atoms with Gasteiger partial charge in [-0.2, -0.15) is 13.2 Å². The van der Waals surface area contributed by atoms with Crippen molar-refractivity contribution in [3.8, 4) is 11.3 Å². The first kappa shape index (κ1) is 32.0. The highest BCUT2D eigenvalue weighted by Crippen LogP contribution is 2.34.